The molecule has 1 aliphatic rings. The van der Waals surface area contributed by atoms with E-state index in [0.717, 1.165) is 64.0 Å². The third-order valence-electron chi connectivity index (χ3n) is 5.36. The van der Waals surface area contributed by atoms with E-state index in [-0.39, 0.29) is 18.4 Å². The maximum Gasteiger partial charge on any atom is 0.221 e. The van der Waals surface area contributed by atoms with E-state index in [4.69, 9.17) is 15.5 Å². The SMILES string of the molecule is NC(=O)Cc1cc(-c2ccccc2)nc2c1[nH]c1cc(O[C@@H]3CCNC3)ccc12. The average molecular weight is 386 g/mol. The van der Waals surface area contributed by atoms with Crippen LogP contribution in [-0.2, 0) is 11.2 Å². The summed E-state index contributed by atoms with van der Waals surface area (Å²) in [6, 6.07) is 17.9. The Bertz CT molecular complexity index is 1190. The van der Waals surface area contributed by atoms with Crippen LogP contribution in [0.15, 0.2) is 54.6 Å². The molecule has 0 radical (unpaired) electrons. The van der Waals surface area contributed by atoms with Crippen LogP contribution in [0.3, 0.4) is 0 Å². The van der Waals surface area contributed by atoms with Crippen LogP contribution in [0.2, 0.25) is 0 Å². The van der Waals surface area contributed by atoms with Crippen LogP contribution in [0.4, 0.5) is 0 Å². The largest absolute Gasteiger partial charge is 0.489 e. The highest BCUT2D eigenvalue weighted by Crippen LogP contribution is 2.32. The molecule has 0 spiro atoms. The van der Waals surface area contributed by atoms with Crippen LogP contribution in [0, 0.1) is 0 Å². The molecule has 0 aliphatic carbocycles. The van der Waals surface area contributed by atoms with Crippen molar-refractivity contribution in [2.75, 3.05) is 13.1 Å². The van der Waals surface area contributed by atoms with Gasteiger partial charge < -0.3 is 20.8 Å². The second-order valence-corrected chi connectivity index (χ2v) is 7.46. The van der Waals surface area contributed by atoms with Gasteiger partial charge in [-0.1, -0.05) is 30.3 Å². The van der Waals surface area contributed by atoms with Gasteiger partial charge in [-0.05, 0) is 36.7 Å². The Morgan fingerprint density at radius 2 is 2.03 bits per heavy atom. The molecule has 6 heteroatoms. The molecule has 2 aromatic heterocycles. The molecule has 4 N–H and O–H groups in total. The molecule has 1 saturated heterocycles. The van der Waals surface area contributed by atoms with E-state index < -0.39 is 0 Å². The van der Waals surface area contributed by atoms with Crippen LogP contribution < -0.4 is 15.8 Å². The first kappa shape index (κ1) is 17.7. The fourth-order valence-electron chi connectivity index (χ4n) is 3.98. The molecule has 0 saturated carbocycles. The summed E-state index contributed by atoms with van der Waals surface area (Å²) in [4.78, 5) is 20.0. The number of ether oxygens (including phenoxy) is 1. The lowest BCUT2D eigenvalue weighted by molar-refractivity contribution is -0.117. The Morgan fingerprint density at radius 1 is 1.17 bits per heavy atom. The van der Waals surface area contributed by atoms with Crippen LogP contribution >= 0.6 is 0 Å². The van der Waals surface area contributed by atoms with Crippen molar-refractivity contribution in [3.05, 3.63) is 60.2 Å². The van der Waals surface area contributed by atoms with E-state index >= 15 is 0 Å². The Kier molecular flexibility index (Phi) is 4.41. The number of amides is 1. The third-order valence-corrected chi connectivity index (χ3v) is 5.36. The third kappa shape index (κ3) is 3.43. The molecule has 1 amide bonds. The first-order valence-corrected chi connectivity index (χ1v) is 9.84. The molecule has 29 heavy (non-hydrogen) atoms. The maximum absolute atomic E-state index is 11.7. The normalized spacial score (nSPS) is 16.5. The molecule has 1 atom stereocenters. The summed E-state index contributed by atoms with van der Waals surface area (Å²) in [5.74, 6) is 0.463. The molecule has 3 heterocycles. The number of carbonyl (C=O) groups excluding carboxylic acids is 1. The number of primary amides is 1. The van der Waals surface area contributed by atoms with Crippen molar-refractivity contribution >= 4 is 27.8 Å². The number of rotatable bonds is 5. The second kappa shape index (κ2) is 7.22. The van der Waals surface area contributed by atoms with Crippen molar-refractivity contribution in [3.8, 4) is 17.0 Å². The summed E-state index contributed by atoms with van der Waals surface area (Å²) < 4.78 is 6.09. The Hall–Kier alpha value is -3.38. The number of nitrogens with one attached hydrogen (secondary N) is 2. The minimum atomic E-state index is -0.368. The molecular formula is C23H22N4O2. The van der Waals surface area contributed by atoms with Gasteiger partial charge in [-0.2, -0.15) is 0 Å². The molecule has 146 valence electrons. The van der Waals surface area contributed by atoms with E-state index in [1.807, 2.05) is 54.6 Å². The lowest BCUT2D eigenvalue weighted by atomic mass is 10.0. The summed E-state index contributed by atoms with van der Waals surface area (Å²) in [6.45, 7) is 1.86. The van der Waals surface area contributed by atoms with Gasteiger partial charge in [0.2, 0.25) is 5.91 Å². The van der Waals surface area contributed by atoms with E-state index in [1.54, 1.807) is 0 Å². The summed E-state index contributed by atoms with van der Waals surface area (Å²) in [5.41, 5.74) is 10.8. The van der Waals surface area contributed by atoms with Gasteiger partial charge in [-0.3, -0.25) is 4.79 Å². The van der Waals surface area contributed by atoms with Crippen molar-refractivity contribution in [3.63, 3.8) is 0 Å². The standard InChI is InChI=1S/C23H22N4O2/c24-21(28)11-15-10-19(14-4-2-1-3-5-14)26-23-18-7-6-16(12-20(18)27-22(15)23)29-17-8-9-25-13-17/h1-7,10,12,17,25,27H,8-9,11,13H2,(H2,24,28)/t17-/m1/s1. The molecule has 1 fully saturated rings. The highest BCUT2D eigenvalue weighted by atomic mass is 16.5. The van der Waals surface area contributed by atoms with Gasteiger partial charge in [0.15, 0.2) is 0 Å². The van der Waals surface area contributed by atoms with Crippen LogP contribution in [0.25, 0.3) is 33.2 Å². The molecule has 5 rings (SSSR count). The number of H-pyrrole nitrogens is 1. The van der Waals surface area contributed by atoms with E-state index in [1.165, 1.54) is 0 Å². The van der Waals surface area contributed by atoms with E-state index in [2.05, 4.69) is 10.3 Å². The molecule has 2 aromatic carbocycles. The van der Waals surface area contributed by atoms with E-state index in [9.17, 15) is 4.79 Å². The number of aromatic nitrogens is 2. The second-order valence-electron chi connectivity index (χ2n) is 7.46. The predicted octanol–water partition coefficient (Wildman–Crippen LogP) is 3.15. The number of hydrogen-bond acceptors (Lipinski definition) is 4. The number of nitrogens with two attached hydrogens (primary N) is 1. The number of hydrogen-bond donors (Lipinski definition) is 3. The quantitative estimate of drug-likeness (QED) is 0.491. The minimum Gasteiger partial charge on any atom is -0.489 e. The Balaban J connectivity index is 1.64. The maximum atomic E-state index is 11.7. The highest BCUT2D eigenvalue weighted by molar-refractivity contribution is 6.07. The minimum absolute atomic E-state index is 0.156. The van der Waals surface area contributed by atoms with Crippen molar-refractivity contribution in [2.24, 2.45) is 5.73 Å². The van der Waals surface area contributed by atoms with Gasteiger partial charge in [0.05, 0.1) is 28.7 Å². The first-order valence-electron chi connectivity index (χ1n) is 9.84. The van der Waals surface area contributed by atoms with Gasteiger partial charge in [0.25, 0.3) is 0 Å². The lowest BCUT2D eigenvalue weighted by Crippen LogP contribution is -2.19. The molecule has 6 nitrogen and oxygen atoms in total. The number of fused-ring (bicyclic) bond motifs is 3. The topological polar surface area (TPSA) is 93.0 Å². The van der Waals surface area contributed by atoms with Crippen molar-refractivity contribution in [1.82, 2.24) is 15.3 Å². The summed E-state index contributed by atoms with van der Waals surface area (Å²) in [5, 5.41) is 4.31. The predicted molar refractivity (Wildman–Crippen MR) is 114 cm³/mol. The van der Waals surface area contributed by atoms with Crippen LogP contribution in [0.1, 0.15) is 12.0 Å². The molecule has 4 aromatic rings. The molecule has 0 bridgehead atoms. The van der Waals surface area contributed by atoms with Crippen molar-refractivity contribution < 1.29 is 9.53 Å². The first-order chi connectivity index (χ1) is 14.2. The summed E-state index contributed by atoms with van der Waals surface area (Å²) >= 11 is 0. The summed E-state index contributed by atoms with van der Waals surface area (Å²) in [7, 11) is 0. The fourth-order valence-corrected chi connectivity index (χ4v) is 3.98. The summed E-state index contributed by atoms with van der Waals surface area (Å²) in [6.07, 6.45) is 1.36. The number of pyridine rings is 1. The van der Waals surface area contributed by atoms with Gasteiger partial charge in [0.1, 0.15) is 11.9 Å². The number of benzene rings is 2. The average Bonchev–Trinajstić information content (AvgIpc) is 3.35. The zero-order valence-corrected chi connectivity index (χ0v) is 15.9. The zero-order valence-electron chi connectivity index (χ0n) is 15.9. The molecule has 0 unspecified atom stereocenters. The van der Waals surface area contributed by atoms with E-state index in [0.29, 0.717) is 0 Å². The van der Waals surface area contributed by atoms with Crippen molar-refractivity contribution in [1.29, 1.82) is 0 Å². The van der Waals surface area contributed by atoms with Gasteiger partial charge in [0, 0.05) is 23.6 Å². The molecular weight excluding hydrogens is 364 g/mol. The Labute approximate surface area is 168 Å². The Morgan fingerprint density at radius 3 is 2.79 bits per heavy atom. The smallest absolute Gasteiger partial charge is 0.221 e. The zero-order chi connectivity index (χ0) is 19.8. The van der Waals surface area contributed by atoms with Crippen LogP contribution in [0.5, 0.6) is 5.75 Å². The fraction of sp³-hybridized carbons (Fsp3) is 0.217. The number of carbonyl (C=O) groups is 1. The molecule has 1 aliphatic heterocycles. The van der Waals surface area contributed by atoms with Gasteiger partial charge in [-0.25, -0.2) is 4.98 Å². The van der Waals surface area contributed by atoms with Gasteiger partial charge >= 0.3 is 0 Å². The highest BCUT2D eigenvalue weighted by Gasteiger charge is 2.18. The van der Waals surface area contributed by atoms with Crippen molar-refractivity contribution in [2.45, 2.75) is 18.9 Å². The lowest BCUT2D eigenvalue weighted by Gasteiger charge is -2.12. The van der Waals surface area contributed by atoms with Gasteiger partial charge in [-0.15, -0.1) is 0 Å². The number of aromatic amines is 1. The monoisotopic (exact) mass is 386 g/mol. The number of nitrogens with zero attached hydrogens (tertiary/aromatic N) is 1. The van der Waals surface area contributed by atoms with Crippen LogP contribution in [-0.4, -0.2) is 35.1 Å².